The normalized spacial score (nSPS) is 14.7. The number of amides is 1. The van der Waals surface area contributed by atoms with Crippen LogP contribution in [-0.4, -0.2) is 45.2 Å². The lowest BCUT2D eigenvalue weighted by Gasteiger charge is -2.32. The van der Waals surface area contributed by atoms with E-state index < -0.39 is 0 Å². The average Bonchev–Trinajstić information content (AvgIpc) is 2.73. The van der Waals surface area contributed by atoms with Gasteiger partial charge in [0.05, 0.1) is 26.9 Å². The van der Waals surface area contributed by atoms with E-state index in [1.54, 1.807) is 21.3 Å². The summed E-state index contributed by atoms with van der Waals surface area (Å²) < 4.78 is 16.0. The van der Waals surface area contributed by atoms with E-state index in [2.05, 4.69) is 6.07 Å². The molecule has 1 fully saturated rings. The molecule has 0 atom stereocenters. The minimum absolute atomic E-state index is 0.0528. The third-order valence-corrected chi connectivity index (χ3v) is 5.21. The van der Waals surface area contributed by atoms with Crippen LogP contribution >= 0.6 is 0 Å². The Morgan fingerprint density at radius 3 is 2.26 bits per heavy atom. The zero-order valence-electron chi connectivity index (χ0n) is 16.2. The van der Waals surface area contributed by atoms with Crippen molar-refractivity contribution in [3.8, 4) is 17.2 Å². The largest absolute Gasteiger partial charge is 0.496 e. The molecule has 27 heavy (non-hydrogen) atoms. The van der Waals surface area contributed by atoms with Gasteiger partial charge in [-0.25, -0.2) is 0 Å². The number of hydrogen-bond acceptors (Lipinski definition) is 4. The number of ether oxygens (including phenoxy) is 3. The molecule has 144 valence electrons. The van der Waals surface area contributed by atoms with Crippen LogP contribution in [0.25, 0.3) is 0 Å². The van der Waals surface area contributed by atoms with Crippen LogP contribution in [-0.2, 0) is 6.42 Å². The molecular weight excluding hydrogens is 342 g/mol. The van der Waals surface area contributed by atoms with Gasteiger partial charge in [-0.2, -0.15) is 0 Å². The number of carbonyl (C=O) groups is 1. The average molecular weight is 369 g/mol. The molecule has 1 heterocycles. The summed E-state index contributed by atoms with van der Waals surface area (Å²) in [4.78, 5) is 14.7. The summed E-state index contributed by atoms with van der Waals surface area (Å²) in [6.45, 7) is 1.55. The lowest BCUT2D eigenvalue weighted by molar-refractivity contribution is 0.0687. The highest BCUT2D eigenvalue weighted by molar-refractivity contribution is 5.97. The molecule has 0 bridgehead atoms. The fourth-order valence-corrected chi connectivity index (χ4v) is 3.67. The van der Waals surface area contributed by atoms with Crippen molar-refractivity contribution in [2.24, 2.45) is 5.92 Å². The van der Waals surface area contributed by atoms with Gasteiger partial charge in [0, 0.05) is 13.1 Å². The third-order valence-electron chi connectivity index (χ3n) is 5.21. The van der Waals surface area contributed by atoms with Crippen LogP contribution in [0.15, 0.2) is 42.5 Å². The second-order valence-corrected chi connectivity index (χ2v) is 6.83. The number of hydrogen-bond donors (Lipinski definition) is 0. The molecule has 0 N–H and O–H groups in total. The summed E-state index contributed by atoms with van der Waals surface area (Å²) >= 11 is 0. The Kier molecular flexibility index (Phi) is 6.22. The molecule has 0 aromatic heterocycles. The highest BCUT2D eigenvalue weighted by Gasteiger charge is 2.25. The topological polar surface area (TPSA) is 48.0 Å². The van der Waals surface area contributed by atoms with E-state index in [4.69, 9.17) is 14.2 Å². The third kappa shape index (κ3) is 4.35. The number of piperidine rings is 1. The summed E-state index contributed by atoms with van der Waals surface area (Å²) in [5.41, 5.74) is 1.88. The quantitative estimate of drug-likeness (QED) is 0.777. The van der Waals surface area contributed by atoms with Crippen LogP contribution in [0.2, 0.25) is 0 Å². The molecular formula is C22H27NO4. The van der Waals surface area contributed by atoms with E-state index in [-0.39, 0.29) is 5.91 Å². The van der Waals surface area contributed by atoms with Crippen molar-refractivity contribution >= 4 is 5.91 Å². The van der Waals surface area contributed by atoms with Gasteiger partial charge in [-0.15, -0.1) is 0 Å². The lowest BCUT2D eigenvalue weighted by Crippen LogP contribution is -2.39. The Hall–Kier alpha value is -2.69. The first kappa shape index (κ1) is 19.1. The van der Waals surface area contributed by atoms with Crippen molar-refractivity contribution in [3.63, 3.8) is 0 Å². The molecule has 5 nitrogen and oxygen atoms in total. The molecule has 0 spiro atoms. The van der Waals surface area contributed by atoms with E-state index in [0.717, 1.165) is 43.9 Å². The second kappa shape index (κ2) is 8.80. The van der Waals surface area contributed by atoms with Gasteiger partial charge in [0.2, 0.25) is 0 Å². The molecule has 2 aromatic rings. The van der Waals surface area contributed by atoms with E-state index in [0.29, 0.717) is 17.2 Å². The van der Waals surface area contributed by atoms with Crippen LogP contribution in [0.4, 0.5) is 0 Å². The smallest absolute Gasteiger partial charge is 0.257 e. The molecule has 0 radical (unpaired) electrons. The first-order chi connectivity index (χ1) is 13.2. The molecule has 3 rings (SSSR count). The Bertz CT molecular complexity index is 782. The van der Waals surface area contributed by atoms with E-state index in [1.807, 2.05) is 41.3 Å². The van der Waals surface area contributed by atoms with Crippen LogP contribution in [0.5, 0.6) is 17.2 Å². The summed E-state index contributed by atoms with van der Waals surface area (Å²) in [6, 6.07) is 13.5. The zero-order valence-corrected chi connectivity index (χ0v) is 16.2. The fraction of sp³-hybridized carbons (Fsp3) is 0.409. The van der Waals surface area contributed by atoms with Gasteiger partial charge >= 0.3 is 0 Å². The van der Waals surface area contributed by atoms with Crippen molar-refractivity contribution in [1.29, 1.82) is 0 Å². The predicted octanol–water partition coefficient (Wildman–Crippen LogP) is 3.81. The van der Waals surface area contributed by atoms with Crippen molar-refractivity contribution in [2.75, 3.05) is 34.4 Å². The molecule has 1 amide bonds. The molecule has 0 saturated carbocycles. The first-order valence-electron chi connectivity index (χ1n) is 9.29. The Morgan fingerprint density at radius 2 is 1.59 bits per heavy atom. The summed E-state index contributed by atoms with van der Waals surface area (Å²) in [6.07, 6.45) is 2.97. The molecule has 1 aliphatic rings. The van der Waals surface area contributed by atoms with E-state index in [9.17, 15) is 4.79 Å². The second-order valence-electron chi connectivity index (χ2n) is 6.83. The molecule has 0 aliphatic carbocycles. The summed E-state index contributed by atoms with van der Waals surface area (Å²) in [5.74, 6) is 2.76. The predicted molar refractivity (Wildman–Crippen MR) is 105 cm³/mol. The van der Waals surface area contributed by atoms with Crippen molar-refractivity contribution < 1.29 is 19.0 Å². The Morgan fingerprint density at radius 1 is 0.926 bits per heavy atom. The van der Waals surface area contributed by atoms with E-state index in [1.165, 1.54) is 5.56 Å². The van der Waals surface area contributed by atoms with Crippen molar-refractivity contribution in [1.82, 2.24) is 4.90 Å². The SMILES string of the molecule is COc1ccc(CC2CCN(C(=O)c3ccccc3OC)CC2)cc1OC. The van der Waals surface area contributed by atoms with Gasteiger partial charge < -0.3 is 19.1 Å². The Labute approximate surface area is 160 Å². The number of para-hydroxylation sites is 1. The van der Waals surface area contributed by atoms with Crippen LogP contribution in [0, 0.1) is 5.92 Å². The molecule has 1 aliphatic heterocycles. The number of likely N-dealkylation sites (tertiary alicyclic amines) is 1. The van der Waals surface area contributed by atoms with Crippen LogP contribution < -0.4 is 14.2 Å². The van der Waals surface area contributed by atoms with Crippen molar-refractivity contribution in [2.45, 2.75) is 19.3 Å². The van der Waals surface area contributed by atoms with Gasteiger partial charge in [0.1, 0.15) is 5.75 Å². The fourth-order valence-electron chi connectivity index (χ4n) is 3.67. The molecule has 0 unspecified atom stereocenters. The lowest BCUT2D eigenvalue weighted by atomic mass is 9.90. The van der Waals surface area contributed by atoms with Gasteiger partial charge in [-0.05, 0) is 55.0 Å². The molecule has 2 aromatic carbocycles. The molecule has 1 saturated heterocycles. The van der Waals surface area contributed by atoms with Crippen LogP contribution in [0.1, 0.15) is 28.8 Å². The maximum atomic E-state index is 12.8. The zero-order chi connectivity index (χ0) is 19.2. The number of nitrogens with zero attached hydrogens (tertiary/aromatic N) is 1. The van der Waals surface area contributed by atoms with Gasteiger partial charge in [0.25, 0.3) is 5.91 Å². The number of rotatable bonds is 6. The molecule has 5 heteroatoms. The first-order valence-corrected chi connectivity index (χ1v) is 9.29. The van der Waals surface area contributed by atoms with E-state index >= 15 is 0 Å². The summed E-state index contributed by atoms with van der Waals surface area (Å²) in [7, 11) is 4.90. The van der Waals surface area contributed by atoms with Crippen molar-refractivity contribution in [3.05, 3.63) is 53.6 Å². The van der Waals surface area contributed by atoms with Gasteiger partial charge in [-0.3, -0.25) is 4.79 Å². The maximum absolute atomic E-state index is 12.8. The summed E-state index contributed by atoms with van der Waals surface area (Å²) in [5, 5.41) is 0. The van der Waals surface area contributed by atoms with Gasteiger partial charge in [-0.1, -0.05) is 18.2 Å². The minimum atomic E-state index is 0.0528. The van der Waals surface area contributed by atoms with Gasteiger partial charge in [0.15, 0.2) is 11.5 Å². The number of benzene rings is 2. The highest BCUT2D eigenvalue weighted by atomic mass is 16.5. The monoisotopic (exact) mass is 369 g/mol. The minimum Gasteiger partial charge on any atom is -0.496 e. The number of carbonyl (C=O) groups excluding carboxylic acids is 1. The van der Waals surface area contributed by atoms with Crippen LogP contribution in [0.3, 0.4) is 0 Å². The maximum Gasteiger partial charge on any atom is 0.257 e. The Balaban J connectivity index is 1.60. The highest BCUT2D eigenvalue weighted by Crippen LogP contribution is 2.30. The standard InChI is InChI=1S/C22H27NO4/c1-25-19-7-5-4-6-18(19)22(24)23-12-10-16(11-13-23)14-17-8-9-20(26-2)21(15-17)27-3/h4-9,15-16H,10-14H2,1-3H3. The number of methoxy groups -OCH3 is 3.